The van der Waals surface area contributed by atoms with E-state index in [4.69, 9.17) is 0 Å². The topological polar surface area (TPSA) is 70.7 Å². The van der Waals surface area contributed by atoms with E-state index in [1.807, 2.05) is 13.8 Å². The van der Waals surface area contributed by atoms with E-state index in [0.717, 1.165) is 17.8 Å². The molecule has 0 aliphatic rings. The molecule has 0 saturated carbocycles. The molecule has 18 heavy (non-hydrogen) atoms. The third-order valence-corrected chi connectivity index (χ3v) is 2.88. The molecule has 0 aromatic carbocycles. The van der Waals surface area contributed by atoms with Gasteiger partial charge >= 0.3 is 0 Å². The quantitative estimate of drug-likeness (QED) is 0.854. The molecule has 2 aromatic heterocycles. The predicted molar refractivity (Wildman–Crippen MR) is 68.3 cm³/mol. The first-order valence-corrected chi connectivity index (χ1v) is 5.87. The second-order valence-corrected chi connectivity index (χ2v) is 4.15. The molecule has 94 valence electrons. The summed E-state index contributed by atoms with van der Waals surface area (Å²) < 4.78 is 0. The number of aryl methyl sites for hydroxylation is 2. The van der Waals surface area contributed by atoms with E-state index in [2.05, 4.69) is 20.5 Å². The van der Waals surface area contributed by atoms with Crippen molar-refractivity contribution in [3.63, 3.8) is 0 Å². The Morgan fingerprint density at radius 1 is 1.33 bits per heavy atom. The Bertz CT molecular complexity index is 514. The number of H-pyrrole nitrogens is 1. The van der Waals surface area contributed by atoms with Crippen LogP contribution in [-0.4, -0.2) is 27.6 Å². The summed E-state index contributed by atoms with van der Waals surface area (Å²) in [4.78, 5) is 15.7. The highest BCUT2D eigenvalue weighted by Gasteiger charge is 2.07. The zero-order valence-corrected chi connectivity index (χ0v) is 10.5. The van der Waals surface area contributed by atoms with E-state index in [1.54, 1.807) is 24.5 Å². The minimum absolute atomic E-state index is 0.0730. The SMILES string of the molecule is Cc1n[nH]c(C)c1CCNC(=O)c1ccncc1. The van der Waals surface area contributed by atoms with Crippen LogP contribution in [0.15, 0.2) is 24.5 Å². The summed E-state index contributed by atoms with van der Waals surface area (Å²) in [5, 5.41) is 9.95. The molecule has 0 spiro atoms. The van der Waals surface area contributed by atoms with Crippen LogP contribution in [0.25, 0.3) is 0 Å². The van der Waals surface area contributed by atoms with Crippen LogP contribution >= 0.6 is 0 Å². The lowest BCUT2D eigenvalue weighted by Gasteiger charge is -2.05. The lowest BCUT2D eigenvalue weighted by molar-refractivity contribution is 0.0954. The molecule has 2 heterocycles. The van der Waals surface area contributed by atoms with Gasteiger partial charge in [-0.05, 0) is 38.0 Å². The average Bonchev–Trinajstić information content (AvgIpc) is 2.71. The number of pyridine rings is 1. The van der Waals surface area contributed by atoms with Crippen molar-refractivity contribution in [2.45, 2.75) is 20.3 Å². The monoisotopic (exact) mass is 244 g/mol. The van der Waals surface area contributed by atoms with E-state index in [9.17, 15) is 4.79 Å². The van der Waals surface area contributed by atoms with Gasteiger partial charge in [0.15, 0.2) is 0 Å². The van der Waals surface area contributed by atoms with Crippen molar-refractivity contribution in [3.8, 4) is 0 Å². The van der Waals surface area contributed by atoms with Crippen LogP contribution in [0.5, 0.6) is 0 Å². The molecule has 0 radical (unpaired) electrons. The lowest BCUT2D eigenvalue weighted by Crippen LogP contribution is -2.25. The fraction of sp³-hybridized carbons (Fsp3) is 0.308. The van der Waals surface area contributed by atoms with Crippen molar-refractivity contribution in [1.82, 2.24) is 20.5 Å². The molecular weight excluding hydrogens is 228 g/mol. The fourth-order valence-corrected chi connectivity index (χ4v) is 1.85. The first-order valence-electron chi connectivity index (χ1n) is 5.87. The van der Waals surface area contributed by atoms with Gasteiger partial charge in [-0.2, -0.15) is 5.10 Å². The standard InChI is InChI=1S/C13H16N4O/c1-9-12(10(2)17-16-9)5-8-15-13(18)11-3-6-14-7-4-11/h3-4,6-7H,5,8H2,1-2H3,(H,15,18)(H,16,17). The molecule has 2 aromatic rings. The number of hydrogen-bond acceptors (Lipinski definition) is 3. The molecular formula is C13H16N4O. The van der Waals surface area contributed by atoms with E-state index < -0.39 is 0 Å². The summed E-state index contributed by atoms with van der Waals surface area (Å²) in [6, 6.07) is 3.40. The minimum atomic E-state index is -0.0730. The number of aromatic amines is 1. The second-order valence-electron chi connectivity index (χ2n) is 4.15. The molecule has 0 unspecified atom stereocenters. The summed E-state index contributed by atoms with van der Waals surface area (Å²) in [5.41, 5.74) is 3.85. The third kappa shape index (κ3) is 2.74. The molecule has 0 atom stereocenters. The molecule has 0 aliphatic heterocycles. The number of nitrogens with one attached hydrogen (secondary N) is 2. The highest BCUT2D eigenvalue weighted by Crippen LogP contribution is 2.09. The third-order valence-electron chi connectivity index (χ3n) is 2.88. The van der Waals surface area contributed by atoms with Crippen molar-refractivity contribution in [2.75, 3.05) is 6.54 Å². The molecule has 0 fully saturated rings. The van der Waals surface area contributed by atoms with Crippen LogP contribution in [0.3, 0.4) is 0 Å². The van der Waals surface area contributed by atoms with Crippen LogP contribution < -0.4 is 5.32 Å². The number of carbonyl (C=O) groups is 1. The number of hydrogen-bond donors (Lipinski definition) is 2. The Morgan fingerprint density at radius 3 is 2.67 bits per heavy atom. The van der Waals surface area contributed by atoms with E-state index in [0.29, 0.717) is 12.1 Å². The molecule has 0 aliphatic carbocycles. The maximum Gasteiger partial charge on any atom is 0.251 e. The maximum atomic E-state index is 11.8. The van der Waals surface area contributed by atoms with Crippen molar-refractivity contribution in [3.05, 3.63) is 47.0 Å². The zero-order valence-electron chi connectivity index (χ0n) is 10.5. The van der Waals surface area contributed by atoms with Gasteiger partial charge in [0.25, 0.3) is 5.91 Å². The van der Waals surface area contributed by atoms with Gasteiger partial charge in [-0.3, -0.25) is 14.9 Å². The number of carbonyl (C=O) groups excluding carboxylic acids is 1. The second kappa shape index (κ2) is 5.44. The number of amides is 1. The molecule has 2 N–H and O–H groups in total. The first-order chi connectivity index (χ1) is 8.68. The van der Waals surface area contributed by atoms with Gasteiger partial charge in [0.05, 0.1) is 5.69 Å². The predicted octanol–water partition coefficient (Wildman–Crippen LogP) is 1.39. The first kappa shape index (κ1) is 12.3. The highest BCUT2D eigenvalue weighted by molar-refractivity contribution is 5.93. The van der Waals surface area contributed by atoms with Crippen LogP contribution in [0.1, 0.15) is 27.3 Å². The van der Waals surface area contributed by atoms with Crippen molar-refractivity contribution >= 4 is 5.91 Å². The molecule has 5 nitrogen and oxygen atoms in total. The van der Waals surface area contributed by atoms with Gasteiger partial charge in [0.2, 0.25) is 0 Å². The largest absolute Gasteiger partial charge is 0.352 e. The maximum absolute atomic E-state index is 11.8. The number of rotatable bonds is 4. The van der Waals surface area contributed by atoms with Crippen LogP contribution in [0, 0.1) is 13.8 Å². The Labute approximate surface area is 106 Å². The van der Waals surface area contributed by atoms with Crippen molar-refractivity contribution < 1.29 is 4.79 Å². The van der Waals surface area contributed by atoms with Crippen LogP contribution in [0.2, 0.25) is 0 Å². The van der Waals surface area contributed by atoms with Gasteiger partial charge in [-0.1, -0.05) is 0 Å². The Balaban J connectivity index is 1.88. The van der Waals surface area contributed by atoms with E-state index >= 15 is 0 Å². The van der Waals surface area contributed by atoms with Crippen molar-refractivity contribution in [1.29, 1.82) is 0 Å². The molecule has 0 bridgehead atoms. The molecule has 2 rings (SSSR count). The lowest BCUT2D eigenvalue weighted by atomic mass is 10.1. The van der Waals surface area contributed by atoms with Crippen molar-refractivity contribution in [2.24, 2.45) is 0 Å². The molecule has 0 saturated heterocycles. The Hall–Kier alpha value is -2.17. The highest BCUT2D eigenvalue weighted by atomic mass is 16.1. The van der Waals surface area contributed by atoms with Crippen LogP contribution in [0.4, 0.5) is 0 Å². The Morgan fingerprint density at radius 2 is 2.06 bits per heavy atom. The number of nitrogens with zero attached hydrogens (tertiary/aromatic N) is 2. The number of aromatic nitrogens is 3. The van der Waals surface area contributed by atoms with Gasteiger partial charge in [-0.25, -0.2) is 0 Å². The smallest absolute Gasteiger partial charge is 0.251 e. The fourth-order valence-electron chi connectivity index (χ4n) is 1.85. The normalized spacial score (nSPS) is 10.3. The average molecular weight is 244 g/mol. The minimum Gasteiger partial charge on any atom is -0.352 e. The zero-order chi connectivity index (χ0) is 13.0. The Kier molecular flexibility index (Phi) is 3.72. The van der Waals surface area contributed by atoms with Gasteiger partial charge in [-0.15, -0.1) is 0 Å². The van der Waals surface area contributed by atoms with Gasteiger partial charge in [0, 0.05) is 30.2 Å². The summed E-state index contributed by atoms with van der Waals surface area (Å²) in [6.45, 7) is 4.55. The molecule has 1 amide bonds. The summed E-state index contributed by atoms with van der Waals surface area (Å²) in [7, 11) is 0. The molecule has 5 heteroatoms. The summed E-state index contributed by atoms with van der Waals surface area (Å²) in [6.07, 6.45) is 4.00. The van der Waals surface area contributed by atoms with Crippen LogP contribution in [-0.2, 0) is 6.42 Å². The van der Waals surface area contributed by atoms with E-state index in [-0.39, 0.29) is 5.91 Å². The summed E-state index contributed by atoms with van der Waals surface area (Å²) >= 11 is 0. The summed E-state index contributed by atoms with van der Waals surface area (Å²) in [5.74, 6) is -0.0730. The van der Waals surface area contributed by atoms with E-state index in [1.165, 1.54) is 5.56 Å². The van der Waals surface area contributed by atoms with Gasteiger partial charge < -0.3 is 5.32 Å². The van der Waals surface area contributed by atoms with Gasteiger partial charge in [0.1, 0.15) is 0 Å².